The third-order valence-electron chi connectivity index (χ3n) is 1.06. The lowest BCUT2D eigenvalue weighted by atomic mass is 10.6. The fourth-order valence-electron chi connectivity index (χ4n) is 0.608. The van der Waals surface area contributed by atoms with Gasteiger partial charge in [0.2, 0.25) is 0 Å². The Morgan fingerprint density at radius 2 is 2.40 bits per heavy atom. The number of aromatic nitrogens is 3. The van der Waals surface area contributed by atoms with Gasteiger partial charge in [0, 0.05) is 0 Å². The molecular formula is C6H8BrN3. The first-order valence-electron chi connectivity index (χ1n) is 2.92. The van der Waals surface area contributed by atoms with Gasteiger partial charge in [-0.15, -0.1) is 11.7 Å². The number of hydrogen-bond donors (Lipinski definition) is 0. The van der Waals surface area contributed by atoms with E-state index < -0.39 is 0 Å². The SMILES string of the molecule is C=CCn1nc(C)c(Br)n1. The van der Waals surface area contributed by atoms with Crippen LogP contribution in [0, 0.1) is 6.92 Å². The van der Waals surface area contributed by atoms with Gasteiger partial charge in [0.05, 0.1) is 12.2 Å². The highest BCUT2D eigenvalue weighted by Gasteiger charge is 1.99. The lowest BCUT2D eigenvalue weighted by Crippen LogP contribution is -1.98. The zero-order valence-corrected chi connectivity index (χ0v) is 7.30. The van der Waals surface area contributed by atoms with E-state index in [2.05, 4.69) is 32.7 Å². The highest BCUT2D eigenvalue weighted by Crippen LogP contribution is 2.08. The van der Waals surface area contributed by atoms with E-state index in [1.165, 1.54) is 0 Å². The average molecular weight is 202 g/mol. The van der Waals surface area contributed by atoms with Gasteiger partial charge in [-0.1, -0.05) is 6.08 Å². The first-order valence-corrected chi connectivity index (χ1v) is 3.71. The number of rotatable bonds is 2. The van der Waals surface area contributed by atoms with Gasteiger partial charge in [0.1, 0.15) is 0 Å². The molecule has 4 heteroatoms. The second kappa shape index (κ2) is 2.96. The molecule has 0 fully saturated rings. The van der Waals surface area contributed by atoms with Crippen molar-refractivity contribution in [3.63, 3.8) is 0 Å². The molecule has 1 aromatic heterocycles. The fraction of sp³-hybridized carbons (Fsp3) is 0.333. The zero-order valence-electron chi connectivity index (χ0n) is 5.71. The summed E-state index contributed by atoms with van der Waals surface area (Å²) in [6.45, 7) is 6.14. The Morgan fingerprint density at radius 1 is 1.70 bits per heavy atom. The van der Waals surface area contributed by atoms with Crippen LogP contribution in [0.15, 0.2) is 17.3 Å². The predicted octanol–water partition coefficient (Wildman–Crippen LogP) is 1.54. The molecule has 0 saturated carbocycles. The van der Waals surface area contributed by atoms with Gasteiger partial charge in [-0.2, -0.15) is 9.90 Å². The van der Waals surface area contributed by atoms with Crippen molar-refractivity contribution in [2.75, 3.05) is 0 Å². The third-order valence-corrected chi connectivity index (χ3v) is 1.79. The molecule has 1 rings (SSSR count). The summed E-state index contributed by atoms with van der Waals surface area (Å²) < 4.78 is 0.800. The van der Waals surface area contributed by atoms with Crippen LogP contribution in [-0.2, 0) is 6.54 Å². The van der Waals surface area contributed by atoms with Crippen LogP contribution in [-0.4, -0.2) is 15.0 Å². The Morgan fingerprint density at radius 3 is 2.80 bits per heavy atom. The molecule has 10 heavy (non-hydrogen) atoms. The predicted molar refractivity (Wildman–Crippen MR) is 42.7 cm³/mol. The van der Waals surface area contributed by atoms with E-state index in [0.29, 0.717) is 6.54 Å². The number of hydrogen-bond acceptors (Lipinski definition) is 2. The molecule has 0 spiro atoms. The van der Waals surface area contributed by atoms with E-state index in [9.17, 15) is 0 Å². The molecule has 0 N–H and O–H groups in total. The van der Waals surface area contributed by atoms with E-state index in [1.54, 1.807) is 10.9 Å². The van der Waals surface area contributed by atoms with E-state index in [-0.39, 0.29) is 0 Å². The Kier molecular flexibility index (Phi) is 2.21. The molecule has 3 nitrogen and oxygen atoms in total. The van der Waals surface area contributed by atoms with Gasteiger partial charge in [-0.25, -0.2) is 0 Å². The molecule has 0 aromatic carbocycles. The summed E-state index contributed by atoms with van der Waals surface area (Å²) >= 11 is 3.26. The lowest BCUT2D eigenvalue weighted by Gasteiger charge is -1.88. The minimum Gasteiger partial charge on any atom is -0.180 e. The highest BCUT2D eigenvalue weighted by atomic mass is 79.9. The van der Waals surface area contributed by atoms with Crippen molar-refractivity contribution in [1.82, 2.24) is 15.0 Å². The summed E-state index contributed by atoms with van der Waals surface area (Å²) in [5.74, 6) is 0. The number of halogens is 1. The first kappa shape index (κ1) is 7.47. The molecule has 0 bridgehead atoms. The van der Waals surface area contributed by atoms with E-state index in [4.69, 9.17) is 0 Å². The summed E-state index contributed by atoms with van der Waals surface area (Å²) in [5.41, 5.74) is 0.904. The molecule has 0 saturated heterocycles. The Bertz CT molecular complexity index is 222. The molecule has 0 amide bonds. The minimum atomic E-state index is 0.659. The van der Waals surface area contributed by atoms with Crippen molar-refractivity contribution in [2.45, 2.75) is 13.5 Å². The second-order valence-electron chi connectivity index (χ2n) is 1.92. The molecule has 54 valence electrons. The maximum absolute atomic E-state index is 4.09. The molecule has 0 unspecified atom stereocenters. The zero-order chi connectivity index (χ0) is 7.56. The van der Waals surface area contributed by atoms with Crippen LogP contribution < -0.4 is 0 Å². The van der Waals surface area contributed by atoms with Crippen LogP contribution in [0.3, 0.4) is 0 Å². The molecular weight excluding hydrogens is 194 g/mol. The Hall–Kier alpha value is -0.640. The lowest BCUT2D eigenvalue weighted by molar-refractivity contribution is 0.597. The van der Waals surface area contributed by atoms with Crippen LogP contribution in [0.2, 0.25) is 0 Å². The van der Waals surface area contributed by atoms with E-state index in [0.717, 1.165) is 10.3 Å². The molecule has 0 aliphatic carbocycles. The molecule has 1 aromatic rings. The highest BCUT2D eigenvalue weighted by molar-refractivity contribution is 9.10. The van der Waals surface area contributed by atoms with Gasteiger partial charge in [-0.05, 0) is 22.9 Å². The van der Waals surface area contributed by atoms with Crippen LogP contribution in [0.5, 0.6) is 0 Å². The quantitative estimate of drug-likeness (QED) is 0.681. The molecule has 0 radical (unpaired) electrons. The molecule has 0 atom stereocenters. The van der Waals surface area contributed by atoms with Crippen molar-refractivity contribution in [3.8, 4) is 0 Å². The summed E-state index contributed by atoms with van der Waals surface area (Å²) in [5, 5.41) is 8.14. The fourth-order valence-corrected chi connectivity index (χ4v) is 0.870. The van der Waals surface area contributed by atoms with E-state index >= 15 is 0 Å². The van der Waals surface area contributed by atoms with Crippen LogP contribution in [0.4, 0.5) is 0 Å². The monoisotopic (exact) mass is 201 g/mol. The van der Waals surface area contributed by atoms with Gasteiger partial charge < -0.3 is 0 Å². The van der Waals surface area contributed by atoms with Crippen molar-refractivity contribution >= 4 is 15.9 Å². The summed E-state index contributed by atoms with van der Waals surface area (Å²) in [4.78, 5) is 1.59. The number of nitrogens with zero attached hydrogens (tertiary/aromatic N) is 3. The Balaban J connectivity index is 2.86. The maximum Gasteiger partial charge on any atom is 0.151 e. The molecule has 0 aliphatic heterocycles. The summed E-state index contributed by atoms with van der Waals surface area (Å²) in [7, 11) is 0. The van der Waals surface area contributed by atoms with Crippen molar-refractivity contribution < 1.29 is 0 Å². The van der Waals surface area contributed by atoms with Crippen molar-refractivity contribution in [1.29, 1.82) is 0 Å². The van der Waals surface area contributed by atoms with Gasteiger partial charge in [0.25, 0.3) is 0 Å². The topological polar surface area (TPSA) is 30.7 Å². The smallest absolute Gasteiger partial charge is 0.151 e. The Labute approximate surface area is 67.9 Å². The standard InChI is InChI=1S/C6H8BrN3/c1-3-4-10-8-5(2)6(7)9-10/h3H,1,4H2,2H3. The molecule has 0 aliphatic rings. The van der Waals surface area contributed by atoms with Crippen molar-refractivity contribution in [3.05, 3.63) is 23.0 Å². The van der Waals surface area contributed by atoms with E-state index in [1.807, 2.05) is 6.92 Å². The van der Waals surface area contributed by atoms with Crippen LogP contribution >= 0.6 is 15.9 Å². The van der Waals surface area contributed by atoms with Gasteiger partial charge in [-0.3, -0.25) is 0 Å². The van der Waals surface area contributed by atoms with Gasteiger partial charge >= 0.3 is 0 Å². The van der Waals surface area contributed by atoms with Gasteiger partial charge in [0.15, 0.2) is 4.60 Å². The minimum absolute atomic E-state index is 0.659. The third kappa shape index (κ3) is 1.44. The van der Waals surface area contributed by atoms with Crippen LogP contribution in [0.25, 0.3) is 0 Å². The second-order valence-corrected chi connectivity index (χ2v) is 2.67. The largest absolute Gasteiger partial charge is 0.180 e. The summed E-state index contributed by atoms with van der Waals surface area (Å²) in [6, 6.07) is 0. The average Bonchev–Trinajstić information content (AvgIpc) is 2.14. The maximum atomic E-state index is 4.09. The number of aryl methyl sites for hydroxylation is 1. The first-order chi connectivity index (χ1) is 4.74. The van der Waals surface area contributed by atoms with Crippen molar-refractivity contribution in [2.24, 2.45) is 0 Å². The summed E-state index contributed by atoms with van der Waals surface area (Å²) in [6.07, 6.45) is 1.76. The normalized spacial score (nSPS) is 9.80. The number of allylic oxidation sites excluding steroid dienone is 1. The molecule has 1 heterocycles. The van der Waals surface area contributed by atoms with Crippen LogP contribution in [0.1, 0.15) is 5.69 Å².